The Hall–Kier alpha value is -3.42. The van der Waals surface area contributed by atoms with Gasteiger partial charge in [0.25, 0.3) is 0 Å². The largest absolute Gasteiger partial charge is 0.366 e. The molecule has 2 aromatic carbocycles. The van der Waals surface area contributed by atoms with E-state index in [0.717, 1.165) is 16.9 Å². The number of thiocarbonyl (C=S) groups is 1. The summed E-state index contributed by atoms with van der Waals surface area (Å²) in [5.74, 6) is -0.229. The van der Waals surface area contributed by atoms with E-state index in [1.165, 1.54) is 16.8 Å². The van der Waals surface area contributed by atoms with Gasteiger partial charge in [-0.3, -0.25) is 9.78 Å². The standard InChI is InChI=1S/C31H34ClN5OS/c1-18(2)29(38)34-24-12-11-21(16-23(24)32)37-28(27(35-30(37)39)25-9-7-8-14-33-25)20-10-13-26-22(15-20)19(3)17-31(4,5)36(26)6/h7-18,27-28H,1-6H3,(H,34,38)(H,35,39)/t27-,28+/m1/s1. The lowest BCUT2D eigenvalue weighted by atomic mass is 9.86. The van der Waals surface area contributed by atoms with E-state index >= 15 is 0 Å². The summed E-state index contributed by atoms with van der Waals surface area (Å²) in [6, 6.07) is 17.9. The molecule has 0 aliphatic carbocycles. The molecule has 2 aliphatic heterocycles. The molecule has 202 valence electrons. The molecule has 0 spiro atoms. The summed E-state index contributed by atoms with van der Waals surface area (Å²) in [4.78, 5) is 21.4. The molecule has 3 aromatic rings. The van der Waals surface area contributed by atoms with Crippen molar-refractivity contribution in [3.05, 3.63) is 88.7 Å². The van der Waals surface area contributed by atoms with Crippen molar-refractivity contribution in [1.29, 1.82) is 0 Å². The smallest absolute Gasteiger partial charge is 0.226 e. The summed E-state index contributed by atoms with van der Waals surface area (Å²) in [5.41, 5.74) is 7.03. The number of rotatable bonds is 5. The van der Waals surface area contributed by atoms with Crippen LogP contribution in [0.1, 0.15) is 63.5 Å². The fourth-order valence-electron chi connectivity index (χ4n) is 5.37. The molecule has 39 heavy (non-hydrogen) atoms. The summed E-state index contributed by atoms with van der Waals surface area (Å²) in [6.07, 6.45) is 4.12. The van der Waals surface area contributed by atoms with Crippen LogP contribution in [-0.2, 0) is 4.79 Å². The van der Waals surface area contributed by atoms with Gasteiger partial charge in [0.05, 0.1) is 34.0 Å². The maximum atomic E-state index is 12.3. The molecule has 8 heteroatoms. The van der Waals surface area contributed by atoms with Crippen molar-refractivity contribution in [2.45, 2.75) is 52.2 Å². The number of carbonyl (C=O) groups excluding carboxylic acids is 1. The van der Waals surface area contributed by atoms with Crippen LogP contribution in [0.15, 0.2) is 66.9 Å². The lowest BCUT2D eigenvalue weighted by Gasteiger charge is -2.41. The van der Waals surface area contributed by atoms with Gasteiger partial charge in [-0.25, -0.2) is 0 Å². The zero-order valence-electron chi connectivity index (χ0n) is 23.1. The number of likely N-dealkylation sites (N-methyl/N-ethyl adjacent to an activating group) is 1. The third kappa shape index (κ3) is 5.01. The van der Waals surface area contributed by atoms with Crippen molar-refractivity contribution < 1.29 is 4.79 Å². The minimum Gasteiger partial charge on any atom is -0.366 e. The van der Waals surface area contributed by atoms with Crippen LogP contribution in [0.4, 0.5) is 17.1 Å². The molecule has 2 aliphatic rings. The number of benzene rings is 2. The minimum absolute atomic E-state index is 0.0684. The highest BCUT2D eigenvalue weighted by atomic mass is 35.5. The van der Waals surface area contributed by atoms with Crippen LogP contribution in [0.2, 0.25) is 5.02 Å². The molecule has 0 unspecified atom stereocenters. The molecule has 3 heterocycles. The van der Waals surface area contributed by atoms with E-state index in [9.17, 15) is 4.79 Å². The second kappa shape index (κ2) is 10.3. The monoisotopic (exact) mass is 559 g/mol. The Bertz CT molecular complexity index is 1470. The first kappa shape index (κ1) is 27.2. The lowest BCUT2D eigenvalue weighted by molar-refractivity contribution is -0.118. The predicted molar refractivity (Wildman–Crippen MR) is 165 cm³/mol. The SMILES string of the molecule is CC1=CC(C)(C)N(C)c2ccc([C@H]3[C@@H](c4ccccn4)NC(=S)N3c3ccc(NC(=O)C(C)C)c(Cl)c3)cc21. The Balaban J connectivity index is 1.60. The molecule has 1 saturated heterocycles. The molecule has 0 bridgehead atoms. The first-order valence-electron chi connectivity index (χ1n) is 13.2. The second-order valence-corrected chi connectivity index (χ2v) is 11.9. The van der Waals surface area contributed by atoms with Crippen molar-refractivity contribution in [3.8, 4) is 0 Å². The highest BCUT2D eigenvalue weighted by molar-refractivity contribution is 7.80. The molecular weight excluding hydrogens is 526 g/mol. The van der Waals surface area contributed by atoms with E-state index in [-0.39, 0.29) is 29.4 Å². The predicted octanol–water partition coefficient (Wildman–Crippen LogP) is 7.14. The number of nitrogens with zero attached hydrogens (tertiary/aromatic N) is 3. The van der Waals surface area contributed by atoms with Crippen LogP contribution in [0.3, 0.4) is 0 Å². The van der Waals surface area contributed by atoms with Gasteiger partial charge in [-0.15, -0.1) is 0 Å². The van der Waals surface area contributed by atoms with E-state index in [1.807, 2.05) is 50.2 Å². The van der Waals surface area contributed by atoms with E-state index in [4.69, 9.17) is 23.8 Å². The first-order chi connectivity index (χ1) is 18.5. The average Bonchev–Trinajstić information content (AvgIpc) is 3.25. The fourth-order valence-corrected chi connectivity index (χ4v) is 5.93. The summed E-state index contributed by atoms with van der Waals surface area (Å²) < 4.78 is 0. The Labute approximate surface area is 241 Å². The first-order valence-corrected chi connectivity index (χ1v) is 13.9. The number of carbonyl (C=O) groups is 1. The molecule has 2 atom stereocenters. The second-order valence-electron chi connectivity index (χ2n) is 11.1. The van der Waals surface area contributed by atoms with E-state index in [0.29, 0.717) is 15.8 Å². The Morgan fingerprint density at radius 3 is 2.59 bits per heavy atom. The molecule has 0 saturated carbocycles. The molecule has 1 aromatic heterocycles. The van der Waals surface area contributed by atoms with Gasteiger partial charge >= 0.3 is 0 Å². The molecule has 1 fully saturated rings. The van der Waals surface area contributed by atoms with Gasteiger partial charge in [-0.1, -0.05) is 43.7 Å². The van der Waals surface area contributed by atoms with Crippen LogP contribution in [-0.4, -0.2) is 28.6 Å². The zero-order valence-corrected chi connectivity index (χ0v) is 24.7. The number of hydrogen-bond acceptors (Lipinski definition) is 4. The molecular formula is C31H34ClN5OS. The van der Waals surface area contributed by atoms with Crippen molar-refractivity contribution in [2.75, 3.05) is 22.2 Å². The normalized spacial score (nSPS) is 20.0. The van der Waals surface area contributed by atoms with Crippen molar-refractivity contribution in [3.63, 3.8) is 0 Å². The third-order valence-electron chi connectivity index (χ3n) is 7.69. The summed E-state index contributed by atoms with van der Waals surface area (Å²) >= 11 is 12.6. The van der Waals surface area contributed by atoms with Crippen LogP contribution < -0.4 is 20.4 Å². The number of anilines is 3. The van der Waals surface area contributed by atoms with Gasteiger partial charge in [-0.05, 0) is 86.6 Å². The summed E-state index contributed by atoms with van der Waals surface area (Å²) in [5, 5.41) is 7.47. The average molecular weight is 560 g/mol. The van der Waals surface area contributed by atoms with Gasteiger partial charge in [0.2, 0.25) is 5.91 Å². The van der Waals surface area contributed by atoms with E-state index < -0.39 is 0 Å². The van der Waals surface area contributed by atoms with Gasteiger partial charge in [-0.2, -0.15) is 0 Å². The number of allylic oxidation sites excluding steroid dienone is 1. The van der Waals surface area contributed by atoms with Gasteiger partial charge in [0.15, 0.2) is 5.11 Å². The van der Waals surface area contributed by atoms with Crippen LogP contribution in [0.5, 0.6) is 0 Å². The van der Waals surface area contributed by atoms with Crippen molar-refractivity contribution >= 4 is 57.5 Å². The van der Waals surface area contributed by atoms with Gasteiger partial charge in [0.1, 0.15) is 0 Å². The van der Waals surface area contributed by atoms with E-state index in [2.05, 4.69) is 77.5 Å². The number of halogens is 1. The molecule has 1 amide bonds. The highest BCUT2D eigenvalue weighted by Gasteiger charge is 2.41. The van der Waals surface area contributed by atoms with Crippen molar-refractivity contribution in [1.82, 2.24) is 10.3 Å². The number of hydrogen-bond donors (Lipinski definition) is 2. The topological polar surface area (TPSA) is 60.5 Å². The van der Waals surface area contributed by atoms with Crippen LogP contribution >= 0.6 is 23.8 Å². The number of fused-ring (bicyclic) bond motifs is 1. The van der Waals surface area contributed by atoms with Crippen LogP contribution in [0.25, 0.3) is 5.57 Å². The summed E-state index contributed by atoms with van der Waals surface area (Å²) in [6.45, 7) is 10.3. The number of amides is 1. The Kier molecular flexibility index (Phi) is 7.16. The third-order valence-corrected chi connectivity index (χ3v) is 8.32. The van der Waals surface area contributed by atoms with E-state index in [1.54, 1.807) is 6.20 Å². The Morgan fingerprint density at radius 2 is 1.92 bits per heavy atom. The number of nitrogens with one attached hydrogen (secondary N) is 2. The van der Waals surface area contributed by atoms with Gasteiger partial charge in [0, 0.05) is 36.1 Å². The quantitative estimate of drug-likeness (QED) is 0.324. The highest BCUT2D eigenvalue weighted by Crippen LogP contribution is 2.45. The maximum Gasteiger partial charge on any atom is 0.226 e. The number of pyridine rings is 1. The lowest BCUT2D eigenvalue weighted by Crippen LogP contribution is -2.42. The van der Waals surface area contributed by atoms with Crippen LogP contribution in [0, 0.1) is 5.92 Å². The maximum absolute atomic E-state index is 12.3. The molecule has 0 radical (unpaired) electrons. The zero-order chi connectivity index (χ0) is 28.1. The van der Waals surface area contributed by atoms with Gasteiger partial charge < -0.3 is 20.4 Å². The Morgan fingerprint density at radius 1 is 1.15 bits per heavy atom. The fraction of sp³-hybridized carbons (Fsp3) is 0.323. The summed E-state index contributed by atoms with van der Waals surface area (Å²) in [7, 11) is 2.14. The van der Waals surface area contributed by atoms with Crippen molar-refractivity contribution in [2.24, 2.45) is 5.92 Å². The molecule has 5 rings (SSSR count). The number of aromatic nitrogens is 1. The molecule has 2 N–H and O–H groups in total. The molecule has 6 nitrogen and oxygen atoms in total. The minimum atomic E-state index is -0.169.